The minimum absolute atomic E-state index is 0. The van der Waals surface area contributed by atoms with Crippen LogP contribution in [0.3, 0.4) is 0 Å². The summed E-state index contributed by atoms with van der Waals surface area (Å²) < 4.78 is 0. The molecule has 1 aliphatic heterocycles. The Hall–Kier alpha value is -0.800. The predicted octanol–water partition coefficient (Wildman–Crippen LogP) is 4.35. The summed E-state index contributed by atoms with van der Waals surface area (Å²) in [4.78, 5) is 2.71. The lowest BCUT2D eigenvalue weighted by atomic mass is 9.92. The smallest absolute Gasteiger partial charge is 0.0383 e. The third-order valence-corrected chi connectivity index (χ3v) is 5.11. The van der Waals surface area contributed by atoms with Crippen LogP contribution in [0.5, 0.6) is 0 Å². The molecule has 0 unspecified atom stereocenters. The molecule has 2 nitrogen and oxygen atoms in total. The number of aryl methyl sites for hydroxylation is 1. The summed E-state index contributed by atoms with van der Waals surface area (Å²) in [5.41, 5.74) is 2.95. The zero-order valence-corrected chi connectivity index (χ0v) is 15.3. The first-order chi connectivity index (χ1) is 10.3. The molecule has 2 aromatic carbocycles. The topological polar surface area (TPSA) is 15.3 Å². The maximum Gasteiger partial charge on any atom is 0.0383 e. The van der Waals surface area contributed by atoms with E-state index in [2.05, 4.69) is 53.5 Å². The molecule has 1 saturated heterocycles. The molecule has 0 spiro atoms. The second kappa shape index (κ2) is 7.85. The molecule has 1 atom stereocenters. The summed E-state index contributed by atoms with van der Waals surface area (Å²) in [6.07, 6.45) is 2.80. The van der Waals surface area contributed by atoms with Crippen LogP contribution in [-0.2, 0) is 0 Å². The summed E-state index contributed by atoms with van der Waals surface area (Å²) in [6, 6.07) is 14.3. The zero-order chi connectivity index (χ0) is 14.2. The lowest BCUT2D eigenvalue weighted by Crippen LogP contribution is -2.45. The van der Waals surface area contributed by atoms with E-state index >= 15 is 0 Å². The standard InChI is InChI=1S/C19H24N2.2ClH/c1-14-6-9-18(17-5-3-2-4-16(14)17)19(15-7-8-15)21-12-10-20-11-13-21;;/h2-6,9,15,19-20H,7-8,10-13H2,1H3;2*1H/t19-;;/m1../s1. The fraction of sp³-hybridized carbons (Fsp3) is 0.474. The SMILES string of the molecule is Cc1ccc([C@@H](C2CC2)N2CCNCC2)c2ccccc12.Cl.Cl. The van der Waals surface area contributed by atoms with Gasteiger partial charge in [-0.05, 0) is 47.6 Å². The van der Waals surface area contributed by atoms with E-state index in [-0.39, 0.29) is 24.8 Å². The highest BCUT2D eigenvalue weighted by Crippen LogP contribution is 2.46. The molecule has 2 fully saturated rings. The molecule has 4 heteroatoms. The van der Waals surface area contributed by atoms with Gasteiger partial charge in [0.25, 0.3) is 0 Å². The Morgan fingerprint density at radius 1 is 0.957 bits per heavy atom. The molecule has 0 aromatic heterocycles. The van der Waals surface area contributed by atoms with E-state index < -0.39 is 0 Å². The number of hydrogen-bond donors (Lipinski definition) is 1. The normalized spacial score (nSPS) is 19.7. The Labute approximate surface area is 151 Å². The number of piperazine rings is 1. The van der Waals surface area contributed by atoms with Crippen molar-refractivity contribution in [1.29, 1.82) is 0 Å². The maximum absolute atomic E-state index is 3.49. The number of nitrogens with one attached hydrogen (secondary N) is 1. The molecule has 2 aliphatic rings. The van der Waals surface area contributed by atoms with E-state index in [0.29, 0.717) is 6.04 Å². The van der Waals surface area contributed by atoms with E-state index in [4.69, 9.17) is 0 Å². The van der Waals surface area contributed by atoms with Crippen molar-refractivity contribution in [1.82, 2.24) is 10.2 Å². The molecular formula is C19H26Cl2N2. The van der Waals surface area contributed by atoms with Crippen molar-refractivity contribution in [2.45, 2.75) is 25.8 Å². The first-order valence-electron chi connectivity index (χ1n) is 8.27. The Balaban J connectivity index is 0.000000960. The van der Waals surface area contributed by atoms with Crippen molar-refractivity contribution in [2.75, 3.05) is 26.2 Å². The fourth-order valence-electron chi connectivity index (χ4n) is 3.85. The van der Waals surface area contributed by atoms with Crippen molar-refractivity contribution in [3.05, 3.63) is 47.5 Å². The molecule has 2 aromatic rings. The second-order valence-electron chi connectivity index (χ2n) is 6.59. The van der Waals surface area contributed by atoms with Gasteiger partial charge in [-0.2, -0.15) is 0 Å². The quantitative estimate of drug-likeness (QED) is 0.883. The average Bonchev–Trinajstić information content (AvgIpc) is 3.36. The lowest BCUT2D eigenvalue weighted by Gasteiger charge is -2.36. The van der Waals surface area contributed by atoms with Gasteiger partial charge in [0.1, 0.15) is 0 Å². The lowest BCUT2D eigenvalue weighted by molar-refractivity contribution is 0.157. The second-order valence-corrected chi connectivity index (χ2v) is 6.59. The van der Waals surface area contributed by atoms with Crippen LogP contribution in [0.2, 0.25) is 0 Å². The summed E-state index contributed by atoms with van der Waals surface area (Å²) in [5, 5.41) is 6.38. The van der Waals surface area contributed by atoms with Crippen LogP contribution < -0.4 is 5.32 Å². The van der Waals surface area contributed by atoms with Gasteiger partial charge in [-0.15, -0.1) is 24.8 Å². The highest BCUT2D eigenvalue weighted by molar-refractivity contribution is 5.89. The van der Waals surface area contributed by atoms with Gasteiger partial charge >= 0.3 is 0 Å². The number of nitrogens with zero attached hydrogens (tertiary/aromatic N) is 1. The van der Waals surface area contributed by atoms with Crippen molar-refractivity contribution >= 4 is 35.6 Å². The van der Waals surface area contributed by atoms with Crippen LogP contribution >= 0.6 is 24.8 Å². The van der Waals surface area contributed by atoms with Gasteiger partial charge < -0.3 is 5.32 Å². The fourth-order valence-corrected chi connectivity index (χ4v) is 3.85. The van der Waals surface area contributed by atoms with Gasteiger partial charge in [-0.25, -0.2) is 0 Å². The van der Waals surface area contributed by atoms with Gasteiger partial charge in [-0.3, -0.25) is 4.90 Å². The van der Waals surface area contributed by atoms with E-state index in [9.17, 15) is 0 Å². The summed E-state index contributed by atoms with van der Waals surface area (Å²) in [7, 11) is 0. The molecule has 126 valence electrons. The first kappa shape index (κ1) is 18.5. The van der Waals surface area contributed by atoms with E-state index in [1.807, 2.05) is 0 Å². The van der Waals surface area contributed by atoms with Crippen molar-refractivity contribution in [3.8, 4) is 0 Å². The summed E-state index contributed by atoms with van der Waals surface area (Å²) in [5.74, 6) is 0.870. The zero-order valence-electron chi connectivity index (χ0n) is 13.6. The average molecular weight is 353 g/mol. The number of rotatable bonds is 3. The Morgan fingerprint density at radius 2 is 1.61 bits per heavy atom. The highest BCUT2D eigenvalue weighted by Gasteiger charge is 2.37. The van der Waals surface area contributed by atoms with E-state index in [0.717, 1.165) is 19.0 Å². The van der Waals surface area contributed by atoms with Crippen LogP contribution in [0.15, 0.2) is 36.4 Å². The van der Waals surface area contributed by atoms with Crippen LogP contribution in [0.4, 0.5) is 0 Å². The van der Waals surface area contributed by atoms with Crippen LogP contribution in [0, 0.1) is 12.8 Å². The Kier molecular flexibility index (Phi) is 6.33. The molecule has 0 bridgehead atoms. The maximum atomic E-state index is 3.49. The Morgan fingerprint density at radius 3 is 2.26 bits per heavy atom. The molecule has 23 heavy (non-hydrogen) atoms. The van der Waals surface area contributed by atoms with Gasteiger partial charge in [0.2, 0.25) is 0 Å². The van der Waals surface area contributed by atoms with Crippen molar-refractivity contribution < 1.29 is 0 Å². The van der Waals surface area contributed by atoms with Gasteiger partial charge in [0.15, 0.2) is 0 Å². The third-order valence-electron chi connectivity index (χ3n) is 5.11. The Bertz CT molecular complexity index is 649. The molecule has 0 radical (unpaired) electrons. The first-order valence-corrected chi connectivity index (χ1v) is 8.27. The molecular weight excluding hydrogens is 327 g/mol. The molecule has 1 aliphatic carbocycles. The minimum atomic E-state index is 0. The molecule has 1 saturated carbocycles. The predicted molar refractivity (Wildman–Crippen MR) is 103 cm³/mol. The van der Waals surface area contributed by atoms with Gasteiger partial charge in [0.05, 0.1) is 0 Å². The summed E-state index contributed by atoms with van der Waals surface area (Å²) >= 11 is 0. The third kappa shape index (κ3) is 3.66. The van der Waals surface area contributed by atoms with Crippen LogP contribution in [0.25, 0.3) is 10.8 Å². The van der Waals surface area contributed by atoms with Crippen LogP contribution in [0.1, 0.15) is 30.0 Å². The minimum Gasteiger partial charge on any atom is -0.314 e. The van der Waals surface area contributed by atoms with Gasteiger partial charge in [0, 0.05) is 32.2 Å². The molecule has 4 rings (SSSR count). The number of halogens is 2. The summed E-state index contributed by atoms with van der Waals surface area (Å²) in [6.45, 7) is 6.86. The van der Waals surface area contributed by atoms with E-state index in [1.165, 1.54) is 42.3 Å². The van der Waals surface area contributed by atoms with Gasteiger partial charge in [-0.1, -0.05) is 36.4 Å². The number of fused-ring (bicyclic) bond motifs is 1. The molecule has 1 N–H and O–H groups in total. The number of hydrogen-bond acceptors (Lipinski definition) is 2. The van der Waals surface area contributed by atoms with Crippen molar-refractivity contribution in [3.63, 3.8) is 0 Å². The monoisotopic (exact) mass is 352 g/mol. The highest BCUT2D eigenvalue weighted by atomic mass is 35.5. The molecule has 0 amide bonds. The van der Waals surface area contributed by atoms with Crippen LogP contribution in [-0.4, -0.2) is 31.1 Å². The van der Waals surface area contributed by atoms with Crippen molar-refractivity contribution in [2.24, 2.45) is 5.92 Å². The largest absolute Gasteiger partial charge is 0.314 e. The molecule has 1 heterocycles. The number of benzene rings is 2. The van der Waals surface area contributed by atoms with E-state index in [1.54, 1.807) is 5.56 Å².